The minimum Gasteiger partial charge on any atom is -0.349 e. The van der Waals surface area contributed by atoms with Crippen molar-refractivity contribution >= 4 is 0 Å². The number of rotatable bonds is 0. The monoisotopic (exact) mass is 142 g/mol. The van der Waals surface area contributed by atoms with Gasteiger partial charge in [-0.05, 0) is 0 Å². The van der Waals surface area contributed by atoms with E-state index in [1.807, 2.05) is 0 Å². The fraction of sp³-hybridized carbons (Fsp3) is 1.00. The van der Waals surface area contributed by atoms with Gasteiger partial charge in [0.1, 0.15) is 0 Å². The van der Waals surface area contributed by atoms with Gasteiger partial charge in [0.15, 0.2) is 5.79 Å². The van der Waals surface area contributed by atoms with Crippen LogP contribution in [0, 0.1) is 5.41 Å². The Kier molecular flexibility index (Phi) is 1.15. The quantitative estimate of drug-likeness (QED) is 0.511. The molecule has 0 aromatic rings. The second-order valence-electron chi connectivity index (χ2n) is 4.15. The summed E-state index contributed by atoms with van der Waals surface area (Å²) in [7, 11) is 0. The first-order valence-corrected chi connectivity index (χ1v) is 3.90. The second-order valence-corrected chi connectivity index (χ2v) is 4.15. The van der Waals surface area contributed by atoms with E-state index in [1.165, 1.54) is 0 Å². The first kappa shape index (κ1) is 6.62. The molecule has 1 spiro atoms. The summed E-state index contributed by atoms with van der Waals surface area (Å²) in [6.45, 7) is 6.05. The minimum absolute atomic E-state index is 0.116. The van der Waals surface area contributed by atoms with Crippen LogP contribution >= 0.6 is 0 Å². The van der Waals surface area contributed by atoms with Gasteiger partial charge in [-0.3, -0.25) is 0 Å². The van der Waals surface area contributed by atoms with E-state index in [4.69, 9.17) is 9.47 Å². The maximum atomic E-state index is 5.57. The zero-order valence-electron chi connectivity index (χ0n) is 6.64. The van der Waals surface area contributed by atoms with E-state index in [0.29, 0.717) is 0 Å². The summed E-state index contributed by atoms with van der Waals surface area (Å²) in [5.74, 6) is -0.116. The van der Waals surface area contributed by atoms with Gasteiger partial charge >= 0.3 is 0 Å². The van der Waals surface area contributed by atoms with Crippen molar-refractivity contribution in [1.82, 2.24) is 0 Å². The highest BCUT2D eigenvalue weighted by molar-refractivity contribution is 4.90. The average Bonchev–Trinajstić information content (AvgIpc) is 2.60. The highest BCUT2D eigenvalue weighted by atomic mass is 16.7. The first-order chi connectivity index (χ1) is 4.62. The molecule has 0 N–H and O–H groups in total. The van der Waals surface area contributed by atoms with Crippen molar-refractivity contribution in [2.75, 3.05) is 13.2 Å². The number of hydrogen-bond donors (Lipinski definition) is 0. The van der Waals surface area contributed by atoms with Gasteiger partial charge in [-0.15, -0.1) is 0 Å². The van der Waals surface area contributed by atoms with E-state index in [2.05, 4.69) is 13.8 Å². The molecular weight excluding hydrogens is 128 g/mol. The third kappa shape index (κ3) is 1.06. The molecule has 1 aliphatic carbocycles. The molecule has 0 bridgehead atoms. The maximum absolute atomic E-state index is 5.57. The zero-order valence-corrected chi connectivity index (χ0v) is 6.64. The van der Waals surface area contributed by atoms with Gasteiger partial charge < -0.3 is 9.47 Å². The Bertz CT molecular complexity index is 129. The van der Waals surface area contributed by atoms with Crippen molar-refractivity contribution in [1.29, 1.82) is 0 Å². The Balaban J connectivity index is 1.95. The molecule has 1 aliphatic heterocycles. The van der Waals surface area contributed by atoms with Gasteiger partial charge in [-0.25, -0.2) is 0 Å². The van der Waals surface area contributed by atoms with Crippen LogP contribution in [0.1, 0.15) is 26.7 Å². The fourth-order valence-corrected chi connectivity index (χ4v) is 1.13. The number of ether oxygens (including phenoxy) is 2. The predicted molar refractivity (Wildman–Crippen MR) is 37.7 cm³/mol. The van der Waals surface area contributed by atoms with Crippen LogP contribution in [0.25, 0.3) is 0 Å². The molecule has 0 atom stereocenters. The zero-order chi connectivity index (χ0) is 7.24. The second kappa shape index (κ2) is 1.74. The molecule has 2 heteroatoms. The van der Waals surface area contributed by atoms with Crippen LogP contribution in [0.15, 0.2) is 0 Å². The van der Waals surface area contributed by atoms with Crippen LogP contribution in [-0.2, 0) is 9.47 Å². The van der Waals surface area contributed by atoms with Crippen LogP contribution < -0.4 is 0 Å². The Morgan fingerprint density at radius 1 is 1.00 bits per heavy atom. The van der Waals surface area contributed by atoms with Crippen LogP contribution in [-0.4, -0.2) is 19.0 Å². The summed E-state index contributed by atoms with van der Waals surface area (Å²) in [5.41, 5.74) is 0.230. The molecule has 0 unspecified atom stereocenters. The van der Waals surface area contributed by atoms with Crippen molar-refractivity contribution in [3.63, 3.8) is 0 Å². The summed E-state index contributed by atoms with van der Waals surface area (Å²) in [6, 6.07) is 0. The molecule has 58 valence electrons. The van der Waals surface area contributed by atoms with E-state index in [-0.39, 0.29) is 11.2 Å². The fourth-order valence-electron chi connectivity index (χ4n) is 1.13. The van der Waals surface area contributed by atoms with E-state index >= 15 is 0 Å². The molecule has 2 aliphatic rings. The van der Waals surface area contributed by atoms with Crippen molar-refractivity contribution in [2.24, 2.45) is 5.41 Å². The SMILES string of the molecule is CC1(C)COC2(CC2)OC1. The lowest BCUT2D eigenvalue weighted by Gasteiger charge is -2.34. The Morgan fingerprint density at radius 2 is 1.50 bits per heavy atom. The highest BCUT2D eigenvalue weighted by Gasteiger charge is 2.50. The molecule has 2 fully saturated rings. The molecule has 0 aromatic heterocycles. The lowest BCUT2D eigenvalue weighted by Crippen LogP contribution is -2.38. The molecule has 1 heterocycles. The van der Waals surface area contributed by atoms with Gasteiger partial charge in [0.2, 0.25) is 0 Å². The maximum Gasteiger partial charge on any atom is 0.168 e. The molecule has 2 rings (SSSR count). The van der Waals surface area contributed by atoms with Gasteiger partial charge in [-0.2, -0.15) is 0 Å². The van der Waals surface area contributed by atoms with Crippen LogP contribution in [0.2, 0.25) is 0 Å². The summed E-state index contributed by atoms with van der Waals surface area (Å²) < 4.78 is 11.1. The average molecular weight is 142 g/mol. The van der Waals surface area contributed by atoms with Crippen LogP contribution in [0.5, 0.6) is 0 Å². The summed E-state index contributed by atoms with van der Waals surface area (Å²) in [4.78, 5) is 0. The molecule has 0 aromatic carbocycles. The van der Waals surface area contributed by atoms with Gasteiger partial charge in [0.25, 0.3) is 0 Å². The topological polar surface area (TPSA) is 18.5 Å². The summed E-state index contributed by atoms with van der Waals surface area (Å²) in [5, 5.41) is 0. The molecule has 1 saturated carbocycles. The highest BCUT2D eigenvalue weighted by Crippen LogP contribution is 2.45. The first-order valence-electron chi connectivity index (χ1n) is 3.90. The minimum atomic E-state index is -0.116. The Labute approximate surface area is 61.5 Å². The van der Waals surface area contributed by atoms with E-state index in [9.17, 15) is 0 Å². The van der Waals surface area contributed by atoms with E-state index in [0.717, 1.165) is 26.1 Å². The van der Waals surface area contributed by atoms with Crippen LogP contribution in [0.4, 0.5) is 0 Å². The third-order valence-corrected chi connectivity index (χ3v) is 2.11. The van der Waals surface area contributed by atoms with E-state index < -0.39 is 0 Å². The lowest BCUT2D eigenvalue weighted by atomic mass is 9.95. The number of hydrogen-bond acceptors (Lipinski definition) is 2. The Morgan fingerprint density at radius 3 is 1.90 bits per heavy atom. The van der Waals surface area contributed by atoms with Crippen molar-refractivity contribution in [3.05, 3.63) is 0 Å². The molecule has 10 heavy (non-hydrogen) atoms. The third-order valence-electron chi connectivity index (χ3n) is 2.11. The predicted octanol–water partition coefficient (Wildman–Crippen LogP) is 1.55. The van der Waals surface area contributed by atoms with Crippen molar-refractivity contribution < 1.29 is 9.47 Å². The molecule has 2 nitrogen and oxygen atoms in total. The normalized spacial score (nSPS) is 34.2. The van der Waals surface area contributed by atoms with Gasteiger partial charge in [0, 0.05) is 18.3 Å². The lowest BCUT2D eigenvalue weighted by molar-refractivity contribution is -0.242. The van der Waals surface area contributed by atoms with Crippen molar-refractivity contribution in [3.8, 4) is 0 Å². The van der Waals surface area contributed by atoms with E-state index in [1.54, 1.807) is 0 Å². The van der Waals surface area contributed by atoms with Crippen LogP contribution in [0.3, 0.4) is 0 Å². The van der Waals surface area contributed by atoms with Gasteiger partial charge in [-0.1, -0.05) is 13.8 Å². The largest absolute Gasteiger partial charge is 0.349 e. The molecule has 0 radical (unpaired) electrons. The molecular formula is C8H14O2. The summed E-state index contributed by atoms with van der Waals surface area (Å²) >= 11 is 0. The smallest absolute Gasteiger partial charge is 0.168 e. The van der Waals surface area contributed by atoms with Gasteiger partial charge in [0.05, 0.1) is 13.2 Å². The molecule has 0 amide bonds. The standard InChI is InChI=1S/C8H14O2/c1-7(2)5-9-8(3-4-8)10-6-7/h3-6H2,1-2H3. The molecule has 1 saturated heterocycles. The van der Waals surface area contributed by atoms with Crippen molar-refractivity contribution in [2.45, 2.75) is 32.5 Å². The summed E-state index contributed by atoms with van der Waals surface area (Å²) in [6.07, 6.45) is 2.20. The Hall–Kier alpha value is -0.0800.